The first-order valence-corrected chi connectivity index (χ1v) is 14.2. The lowest BCUT2D eigenvalue weighted by Gasteiger charge is -2.46. The predicted octanol–water partition coefficient (Wildman–Crippen LogP) is 4.30. The molecule has 1 unspecified atom stereocenters. The number of nitrogens with one attached hydrogen (secondary N) is 2. The quantitative estimate of drug-likeness (QED) is 0.131. The van der Waals surface area contributed by atoms with E-state index in [9.17, 15) is 19.5 Å². The molecule has 1 aliphatic carbocycles. The second-order valence-corrected chi connectivity index (χ2v) is 12.0. The Hall–Kier alpha value is -3.03. The van der Waals surface area contributed by atoms with Gasteiger partial charge in [0.25, 0.3) is 0 Å². The second-order valence-electron chi connectivity index (χ2n) is 12.0. The normalized spacial score (nSPS) is 34.5. The third kappa shape index (κ3) is 4.49. The van der Waals surface area contributed by atoms with E-state index in [1.165, 1.54) is 0 Å². The molecule has 1 aromatic carbocycles. The van der Waals surface area contributed by atoms with Crippen LogP contribution in [0.3, 0.4) is 0 Å². The van der Waals surface area contributed by atoms with Crippen molar-refractivity contribution in [1.29, 1.82) is 0 Å². The van der Waals surface area contributed by atoms with E-state index >= 15 is 0 Å². The lowest BCUT2D eigenvalue weighted by molar-refractivity contribution is -0.148. The molecular weight excluding hydrogens is 492 g/mol. The van der Waals surface area contributed by atoms with Gasteiger partial charge in [-0.1, -0.05) is 50.3 Å². The molecule has 1 saturated carbocycles. The molecule has 1 amide bonds. The molecule has 3 N–H and O–H groups in total. The van der Waals surface area contributed by atoms with E-state index in [1.807, 2.05) is 49.5 Å². The number of aldehydes is 1. The van der Waals surface area contributed by atoms with Crippen LogP contribution in [0, 0.1) is 29.1 Å². The smallest absolute Gasteiger partial charge is 0.235 e. The summed E-state index contributed by atoms with van der Waals surface area (Å²) in [5.41, 5.74) is 1.19. The minimum atomic E-state index is -1.25. The number of amides is 1. The minimum absolute atomic E-state index is 0.0171. The van der Waals surface area contributed by atoms with Crippen LogP contribution in [0.2, 0.25) is 0 Å². The monoisotopic (exact) mass is 532 g/mol. The summed E-state index contributed by atoms with van der Waals surface area (Å²) >= 11 is 0. The fourth-order valence-electron chi connectivity index (χ4n) is 7.50. The second kappa shape index (κ2) is 10.5. The predicted molar refractivity (Wildman–Crippen MR) is 150 cm³/mol. The lowest BCUT2D eigenvalue weighted by Crippen LogP contribution is -2.58. The summed E-state index contributed by atoms with van der Waals surface area (Å²) in [5.74, 6) is -0.849. The number of rotatable bonds is 11. The molecule has 208 valence electrons. The average Bonchev–Trinajstić information content (AvgIpc) is 3.32. The molecule has 3 aliphatic rings. The van der Waals surface area contributed by atoms with Crippen molar-refractivity contribution in [3.8, 4) is 0 Å². The van der Waals surface area contributed by atoms with Gasteiger partial charge >= 0.3 is 0 Å². The number of carbonyl (C=O) groups is 3. The minimum Gasteiger partial charge on any atom is -0.396 e. The average molecular weight is 533 g/mol. The molecule has 39 heavy (non-hydrogen) atoms. The summed E-state index contributed by atoms with van der Waals surface area (Å²) in [6.07, 6.45) is 10.4. The lowest BCUT2D eigenvalue weighted by atomic mass is 9.51. The highest BCUT2D eigenvalue weighted by atomic mass is 16.6. The van der Waals surface area contributed by atoms with Gasteiger partial charge < -0.3 is 20.1 Å². The summed E-state index contributed by atoms with van der Waals surface area (Å²) in [7, 11) is 0. The van der Waals surface area contributed by atoms with Crippen LogP contribution in [-0.4, -0.2) is 52.4 Å². The highest BCUT2D eigenvalue weighted by Crippen LogP contribution is 2.66. The standard InChI is InChI=1S/C32H40N2O5/c1-19(15-20(2)18-36)9-7-11-24-29-31(4,39-29)21(3)28-26(16-22-17-33-25-12-6-5-10-23(22)25)34-30(38)32(24,28)27(37)13-8-14-35/h5-7,10-12,15,17-19,21,24,26,28-29,33,35H,8-9,13-14,16H2,1-4H3,(H,34,38)/b11-7+,20-15+/t19?,21-,24-,26-,28-,29-,31+,32+/m0/s1. The number of benzene rings is 1. The van der Waals surface area contributed by atoms with Crippen LogP contribution in [0.4, 0.5) is 0 Å². The zero-order chi connectivity index (χ0) is 27.9. The van der Waals surface area contributed by atoms with Gasteiger partial charge in [0.2, 0.25) is 5.91 Å². The maximum Gasteiger partial charge on any atom is 0.235 e. The van der Waals surface area contributed by atoms with Gasteiger partial charge in [-0.3, -0.25) is 14.4 Å². The Morgan fingerprint density at radius 2 is 2.05 bits per heavy atom. The van der Waals surface area contributed by atoms with Crippen LogP contribution in [0.5, 0.6) is 0 Å². The Bertz CT molecular complexity index is 1330. The van der Waals surface area contributed by atoms with E-state index in [0.717, 1.165) is 22.8 Å². The largest absolute Gasteiger partial charge is 0.396 e. The van der Waals surface area contributed by atoms with E-state index in [1.54, 1.807) is 6.92 Å². The molecule has 2 aliphatic heterocycles. The molecule has 5 rings (SSSR count). The fraction of sp³-hybridized carbons (Fsp3) is 0.531. The van der Waals surface area contributed by atoms with Crippen LogP contribution >= 0.6 is 0 Å². The number of aliphatic hydroxyl groups excluding tert-OH is 1. The summed E-state index contributed by atoms with van der Waals surface area (Å²) < 4.78 is 6.35. The molecule has 3 heterocycles. The Kier molecular flexibility index (Phi) is 7.42. The molecule has 7 heteroatoms. The topological polar surface area (TPSA) is 112 Å². The van der Waals surface area contributed by atoms with Crippen LogP contribution in [0.15, 0.2) is 54.3 Å². The van der Waals surface area contributed by atoms with Gasteiger partial charge in [-0.2, -0.15) is 0 Å². The number of H-pyrrole nitrogens is 1. The van der Waals surface area contributed by atoms with Crippen molar-refractivity contribution < 1.29 is 24.2 Å². The van der Waals surface area contributed by atoms with Crippen molar-refractivity contribution in [3.05, 3.63) is 59.8 Å². The van der Waals surface area contributed by atoms with Crippen LogP contribution in [-0.2, 0) is 25.5 Å². The van der Waals surface area contributed by atoms with Gasteiger partial charge in [-0.15, -0.1) is 0 Å². The van der Waals surface area contributed by atoms with Crippen molar-refractivity contribution in [2.45, 2.75) is 71.1 Å². The number of hydrogen-bond acceptors (Lipinski definition) is 5. The molecule has 0 spiro atoms. The number of ether oxygens (including phenoxy) is 1. The Balaban J connectivity index is 1.53. The number of hydrogen-bond donors (Lipinski definition) is 3. The molecule has 0 bridgehead atoms. The van der Waals surface area contributed by atoms with Crippen molar-refractivity contribution >= 4 is 28.9 Å². The summed E-state index contributed by atoms with van der Waals surface area (Å²) in [6, 6.07) is 7.90. The SMILES string of the molecule is C/C(C=O)=C\C(C)C/C=C/[C@H]1[C@@H]2O[C@]2(C)[C@@H](C)[C@H]2[C@H](Cc3c[nH]c4ccccc34)NC(=O)[C@]21C(=O)CCCO. The first-order chi connectivity index (χ1) is 18.7. The number of fused-ring (bicyclic) bond motifs is 3. The maximum absolute atomic E-state index is 14.1. The highest BCUT2D eigenvalue weighted by Gasteiger charge is 2.78. The molecule has 2 saturated heterocycles. The Morgan fingerprint density at radius 1 is 1.28 bits per heavy atom. The number of aromatic amines is 1. The van der Waals surface area contributed by atoms with Gasteiger partial charge in [0.1, 0.15) is 17.5 Å². The third-order valence-corrected chi connectivity index (χ3v) is 9.56. The maximum atomic E-state index is 14.1. The summed E-state index contributed by atoms with van der Waals surface area (Å²) in [5, 5.41) is 13.9. The third-order valence-electron chi connectivity index (χ3n) is 9.56. The van der Waals surface area contributed by atoms with Crippen molar-refractivity contribution in [2.24, 2.45) is 29.1 Å². The number of Topliss-reactive ketones (excluding diaryl/α,β-unsaturated/α-hetero) is 1. The number of allylic oxidation sites excluding steroid dienone is 3. The van der Waals surface area contributed by atoms with E-state index in [-0.39, 0.29) is 54.6 Å². The van der Waals surface area contributed by atoms with E-state index < -0.39 is 16.9 Å². The van der Waals surface area contributed by atoms with Gasteiger partial charge in [0.15, 0.2) is 0 Å². The van der Waals surface area contributed by atoms with Crippen LogP contribution in [0.25, 0.3) is 10.9 Å². The number of carbonyl (C=O) groups excluding carboxylic acids is 3. The number of ketones is 1. The zero-order valence-electron chi connectivity index (χ0n) is 23.3. The van der Waals surface area contributed by atoms with Crippen molar-refractivity contribution in [2.75, 3.05) is 6.61 Å². The molecule has 3 fully saturated rings. The molecule has 8 atom stereocenters. The number of aliphatic hydroxyl groups is 1. The number of aromatic nitrogens is 1. The Labute approximate surface area is 230 Å². The van der Waals surface area contributed by atoms with E-state index in [4.69, 9.17) is 4.74 Å². The first-order valence-electron chi connectivity index (χ1n) is 14.2. The molecule has 0 radical (unpaired) electrons. The highest BCUT2D eigenvalue weighted by molar-refractivity contribution is 6.09. The first kappa shape index (κ1) is 27.5. The van der Waals surface area contributed by atoms with Crippen molar-refractivity contribution in [1.82, 2.24) is 10.3 Å². The Morgan fingerprint density at radius 3 is 2.79 bits per heavy atom. The van der Waals surface area contributed by atoms with Crippen molar-refractivity contribution in [3.63, 3.8) is 0 Å². The molecule has 7 nitrogen and oxygen atoms in total. The van der Waals surface area contributed by atoms with Gasteiger partial charge in [-0.25, -0.2) is 0 Å². The summed E-state index contributed by atoms with van der Waals surface area (Å²) in [6.45, 7) is 7.96. The number of para-hydroxylation sites is 1. The fourth-order valence-corrected chi connectivity index (χ4v) is 7.50. The number of epoxide rings is 1. The summed E-state index contributed by atoms with van der Waals surface area (Å²) in [4.78, 5) is 42.6. The van der Waals surface area contributed by atoms with E-state index in [0.29, 0.717) is 24.8 Å². The zero-order valence-corrected chi connectivity index (χ0v) is 23.3. The van der Waals surface area contributed by atoms with Gasteiger partial charge in [-0.05, 0) is 62.1 Å². The van der Waals surface area contributed by atoms with E-state index in [2.05, 4.69) is 30.2 Å². The van der Waals surface area contributed by atoms with Crippen LogP contribution < -0.4 is 5.32 Å². The molecule has 2 aromatic rings. The molecular formula is C32H40N2O5. The molecule has 1 aromatic heterocycles. The van der Waals surface area contributed by atoms with Gasteiger partial charge in [0.05, 0.1) is 11.7 Å². The van der Waals surface area contributed by atoms with Crippen LogP contribution in [0.1, 0.15) is 52.5 Å². The van der Waals surface area contributed by atoms with Gasteiger partial charge in [0, 0.05) is 48.0 Å².